The van der Waals surface area contributed by atoms with Crippen LogP contribution in [0.1, 0.15) is 26.4 Å². The molecule has 32 heavy (non-hydrogen) atoms. The first-order valence-electron chi connectivity index (χ1n) is 8.84. The van der Waals surface area contributed by atoms with Gasteiger partial charge in [-0.15, -0.1) is 0 Å². The van der Waals surface area contributed by atoms with Crippen molar-refractivity contribution in [2.75, 3.05) is 12.4 Å². The summed E-state index contributed by atoms with van der Waals surface area (Å²) in [6.45, 7) is 1.68. The van der Waals surface area contributed by atoms with E-state index in [0.717, 1.165) is 7.11 Å². The lowest BCUT2D eigenvalue weighted by atomic mass is 10.1. The summed E-state index contributed by atoms with van der Waals surface area (Å²) in [5, 5.41) is 7.24. The van der Waals surface area contributed by atoms with Crippen molar-refractivity contribution in [3.05, 3.63) is 68.0 Å². The van der Waals surface area contributed by atoms with Gasteiger partial charge in [-0.1, -0.05) is 29.3 Å². The monoisotopic (exact) mass is 540 g/mol. The minimum atomic E-state index is -0.881. The molecule has 0 aliphatic rings. The number of hydrazine groups is 1. The van der Waals surface area contributed by atoms with Crippen LogP contribution in [0.3, 0.4) is 0 Å². The SMILES string of the molecule is COC(=O)NNC(=O)c1c(Cl)ccc(C)c1NC(=O)c1cc(Br)nn1-c1ncccc1Cl. The summed E-state index contributed by atoms with van der Waals surface area (Å²) in [5.41, 5.74) is 4.95. The number of aromatic nitrogens is 3. The van der Waals surface area contributed by atoms with Crippen LogP contribution in [0.25, 0.3) is 5.82 Å². The molecule has 0 unspecified atom stereocenters. The van der Waals surface area contributed by atoms with Crippen molar-refractivity contribution in [2.45, 2.75) is 6.92 Å². The normalized spacial score (nSPS) is 10.4. The largest absolute Gasteiger partial charge is 0.452 e. The van der Waals surface area contributed by atoms with E-state index in [4.69, 9.17) is 23.2 Å². The number of carbonyl (C=O) groups is 3. The fraction of sp³-hybridized carbons (Fsp3) is 0.105. The number of ether oxygens (including phenoxy) is 1. The Labute approximate surface area is 200 Å². The summed E-state index contributed by atoms with van der Waals surface area (Å²) in [4.78, 5) is 41.2. The lowest BCUT2D eigenvalue weighted by Gasteiger charge is -2.16. The van der Waals surface area contributed by atoms with Crippen molar-refractivity contribution in [3.8, 4) is 5.82 Å². The van der Waals surface area contributed by atoms with Crippen LogP contribution in [0.15, 0.2) is 41.1 Å². The van der Waals surface area contributed by atoms with Gasteiger partial charge in [-0.25, -0.2) is 19.9 Å². The fourth-order valence-electron chi connectivity index (χ4n) is 2.67. The number of nitrogens with one attached hydrogen (secondary N) is 3. The second-order valence-corrected chi connectivity index (χ2v) is 7.84. The Hall–Kier alpha value is -3.15. The van der Waals surface area contributed by atoms with E-state index in [0.29, 0.717) is 10.2 Å². The quantitative estimate of drug-likeness (QED) is 0.430. The van der Waals surface area contributed by atoms with Gasteiger partial charge in [0.05, 0.1) is 28.4 Å². The maximum absolute atomic E-state index is 13.2. The van der Waals surface area contributed by atoms with Crippen LogP contribution >= 0.6 is 39.1 Å². The number of methoxy groups -OCH3 is 1. The third kappa shape index (κ3) is 5.01. The molecule has 0 aliphatic carbocycles. The standard InChI is InChI=1S/C19H15BrCl2N6O4/c1-9-5-6-10(21)14(18(30)25-26-19(31)32-2)15(9)24-17(29)12-8-13(20)27-28(12)16-11(22)4-3-7-23-16/h3-8H,1-2H3,(H,24,29)(H,25,30)(H,26,31). The van der Waals surface area contributed by atoms with Gasteiger partial charge < -0.3 is 10.1 Å². The van der Waals surface area contributed by atoms with E-state index in [-0.39, 0.29) is 32.8 Å². The van der Waals surface area contributed by atoms with E-state index in [2.05, 4.69) is 46.9 Å². The van der Waals surface area contributed by atoms with Gasteiger partial charge in [0.1, 0.15) is 10.3 Å². The first-order valence-corrected chi connectivity index (χ1v) is 10.4. The van der Waals surface area contributed by atoms with E-state index in [9.17, 15) is 14.4 Å². The van der Waals surface area contributed by atoms with Gasteiger partial charge in [-0.2, -0.15) is 5.10 Å². The summed E-state index contributed by atoms with van der Waals surface area (Å²) >= 11 is 15.7. The van der Waals surface area contributed by atoms with Gasteiger partial charge in [0, 0.05) is 12.3 Å². The molecular weight excluding hydrogens is 527 g/mol. The van der Waals surface area contributed by atoms with Gasteiger partial charge in [0.15, 0.2) is 5.82 Å². The zero-order valence-electron chi connectivity index (χ0n) is 16.6. The molecule has 0 spiro atoms. The predicted molar refractivity (Wildman–Crippen MR) is 121 cm³/mol. The Balaban J connectivity index is 1.98. The molecule has 13 heteroatoms. The minimum Gasteiger partial charge on any atom is -0.452 e. The Kier molecular flexibility index (Phi) is 7.33. The number of hydrogen-bond donors (Lipinski definition) is 3. The average molecular weight is 542 g/mol. The van der Waals surface area contributed by atoms with Gasteiger partial charge in [0.2, 0.25) is 0 Å². The smallest absolute Gasteiger partial charge is 0.425 e. The molecule has 0 atom stereocenters. The fourth-order valence-corrected chi connectivity index (χ4v) is 3.49. The summed E-state index contributed by atoms with van der Waals surface area (Å²) in [6.07, 6.45) is 0.629. The maximum Gasteiger partial charge on any atom is 0.425 e. The number of rotatable bonds is 4. The molecule has 3 rings (SSSR count). The van der Waals surface area contributed by atoms with Crippen LogP contribution < -0.4 is 16.2 Å². The van der Waals surface area contributed by atoms with E-state index in [1.807, 2.05) is 0 Å². The number of nitrogens with zero attached hydrogens (tertiary/aromatic N) is 3. The molecule has 0 saturated carbocycles. The van der Waals surface area contributed by atoms with Gasteiger partial charge in [-0.05, 0) is 46.6 Å². The topological polar surface area (TPSA) is 127 Å². The summed E-state index contributed by atoms with van der Waals surface area (Å²) < 4.78 is 6.04. The van der Waals surface area contributed by atoms with Crippen molar-refractivity contribution < 1.29 is 19.1 Å². The second-order valence-electron chi connectivity index (χ2n) is 6.21. The van der Waals surface area contributed by atoms with Crippen LogP contribution in [0.5, 0.6) is 0 Å². The first kappa shape index (κ1) is 23.5. The molecule has 10 nitrogen and oxygen atoms in total. The number of carbonyl (C=O) groups excluding carboxylic acids is 3. The predicted octanol–water partition coefficient (Wildman–Crippen LogP) is 3.90. The highest BCUT2D eigenvalue weighted by Gasteiger charge is 2.24. The molecule has 0 saturated heterocycles. The Morgan fingerprint density at radius 2 is 1.84 bits per heavy atom. The zero-order chi connectivity index (χ0) is 23.4. The van der Waals surface area contributed by atoms with E-state index >= 15 is 0 Å². The molecule has 0 bridgehead atoms. The third-order valence-corrected chi connectivity index (χ3v) is 5.14. The number of pyridine rings is 1. The molecule has 3 N–H and O–H groups in total. The highest BCUT2D eigenvalue weighted by atomic mass is 79.9. The van der Waals surface area contributed by atoms with Crippen LogP contribution in [0, 0.1) is 6.92 Å². The molecule has 0 fully saturated rings. The van der Waals surface area contributed by atoms with E-state index in [1.54, 1.807) is 25.1 Å². The molecule has 3 amide bonds. The summed E-state index contributed by atoms with van der Waals surface area (Å²) in [5.74, 6) is -1.12. The molecule has 3 aromatic rings. The summed E-state index contributed by atoms with van der Waals surface area (Å²) in [7, 11) is 1.14. The molecular formula is C19H15BrCl2N6O4. The van der Waals surface area contributed by atoms with Crippen LogP contribution in [-0.2, 0) is 4.74 Å². The Morgan fingerprint density at radius 3 is 2.53 bits per heavy atom. The lowest BCUT2D eigenvalue weighted by Crippen LogP contribution is -2.42. The van der Waals surface area contributed by atoms with Crippen molar-refractivity contribution in [1.82, 2.24) is 25.6 Å². The molecule has 1 aromatic carbocycles. The molecule has 2 aromatic heterocycles. The van der Waals surface area contributed by atoms with E-state index < -0.39 is 17.9 Å². The molecule has 2 heterocycles. The molecule has 0 radical (unpaired) electrons. The molecule has 0 aliphatic heterocycles. The van der Waals surface area contributed by atoms with Crippen LogP contribution in [0.4, 0.5) is 10.5 Å². The van der Waals surface area contributed by atoms with Crippen LogP contribution in [-0.4, -0.2) is 39.8 Å². The van der Waals surface area contributed by atoms with Gasteiger partial charge in [0.25, 0.3) is 11.8 Å². The third-order valence-electron chi connectivity index (χ3n) is 4.14. The average Bonchev–Trinajstić information content (AvgIpc) is 3.16. The number of benzene rings is 1. The highest BCUT2D eigenvalue weighted by molar-refractivity contribution is 9.10. The number of hydrogen-bond acceptors (Lipinski definition) is 6. The van der Waals surface area contributed by atoms with E-state index in [1.165, 1.54) is 23.0 Å². The lowest BCUT2D eigenvalue weighted by molar-refractivity contribution is 0.0921. The number of amides is 3. The Bertz CT molecular complexity index is 1220. The highest BCUT2D eigenvalue weighted by Crippen LogP contribution is 2.29. The number of aryl methyl sites for hydroxylation is 1. The number of halogens is 3. The maximum atomic E-state index is 13.2. The van der Waals surface area contributed by atoms with Gasteiger partial charge in [-0.3, -0.25) is 15.0 Å². The second kappa shape index (κ2) is 9.98. The van der Waals surface area contributed by atoms with Crippen molar-refractivity contribution in [3.63, 3.8) is 0 Å². The molecule has 166 valence electrons. The summed E-state index contributed by atoms with van der Waals surface area (Å²) in [6, 6.07) is 7.85. The van der Waals surface area contributed by atoms with Crippen molar-refractivity contribution in [2.24, 2.45) is 0 Å². The van der Waals surface area contributed by atoms with Crippen LogP contribution in [0.2, 0.25) is 10.0 Å². The van der Waals surface area contributed by atoms with Gasteiger partial charge >= 0.3 is 6.09 Å². The van der Waals surface area contributed by atoms with Crippen molar-refractivity contribution >= 4 is 62.7 Å². The Morgan fingerprint density at radius 1 is 1.09 bits per heavy atom. The zero-order valence-corrected chi connectivity index (χ0v) is 19.7. The minimum absolute atomic E-state index is 0.0533. The number of anilines is 1. The first-order chi connectivity index (χ1) is 15.2. The van der Waals surface area contributed by atoms with Crippen molar-refractivity contribution in [1.29, 1.82) is 0 Å².